The number of benzene rings is 2. The SMILES string of the molecule is COc1cccc(NC(=O)N(CC(=O)N(Cc2ccccc2)Cc2cccs2)C2CC2)c1. The van der Waals surface area contributed by atoms with Crippen LogP contribution < -0.4 is 10.1 Å². The van der Waals surface area contributed by atoms with Gasteiger partial charge in [0.15, 0.2) is 0 Å². The fraction of sp³-hybridized carbons (Fsp3) is 0.280. The number of anilines is 1. The quantitative estimate of drug-likeness (QED) is 0.501. The molecule has 0 spiro atoms. The van der Waals surface area contributed by atoms with Gasteiger partial charge in [-0.25, -0.2) is 4.79 Å². The van der Waals surface area contributed by atoms with Gasteiger partial charge in [-0.05, 0) is 42.0 Å². The normalized spacial score (nSPS) is 12.8. The average molecular weight is 450 g/mol. The summed E-state index contributed by atoms with van der Waals surface area (Å²) in [5, 5.41) is 4.93. The summed E-state index contributed by atoms with van der Waals surface area (Å²) in [5.74, 6) is 0.608. The van der Waals surface area contributed by atoms with Gasteiger partial charge in [-0.2, -0.15) is 0 Å². The number of hydrogen-bond donors (Lipinski definition) is 1. The number of amides is 3. The molecule has 1 aliphatic rings. The number of carbonyl (C=O) groups is 2. The van der Waals surface area contributed by atoms with Crippen LogP contribution in [0.25, 0.3) is 0 Å². The van der Waals surface area contributed by atoms with E-state index in [1.54, 1.807) is 29.4 Å². The molecule has 0 unspecified atom stereocenters. The first-order valence-corrected chi connectivity index (χ1v) is 11.6. The smallest absolute Gasteiger partial charge is 0.322 e. The number of hydrogen-bond acceptors (Lipinski definition) is 4. The molecule has 3 aromatic rings. The number of ether oxygens (including phenoxy) is 1. The average Bonchev–Trinajstić information content (AvgIpc) is 3.52. The number of urea groups is 1. The molecule has 1 saturated carbocycles. The Bertz CT molecular complexity index is 1040. The summed E-state index contributed by atoms with van der Waals surface area (Å²) in [6.07, 6.45) is 1.84. The summed E-state index contributed by atoms with van der Waals surface area (Å²) in [5.41, 5.74) is 1.71. The highest BCUT2D eigenvalue weighted by Crippen LogP contribution is 2.28. The lowest BCUT2D eigenvalue weighted by atomic mass is 10.2. The van der Waals surface area contributed by atoms with Crippen LogP contribution in [-0.2, 0) is 17.9 Å². The Balaban J connectivity index is 1.47. The minimum Gasteiger partial charge on any atom is -0.497 e. The van der Waals surface area contributed by atoms with E-state index in [0.29, 0.717) is 24.5 Å². The molecule has 166 valence electrons. The van der Waals surface area contributed by atoms with Crippen LogP contribution in [0.5, 0.6) is 5.75 Å². The third kappa shape index (κ3) is 5.88. The Morgan fingerprint density at radius 2 is 1.84 bits per heavy atom. The zero-order chi connectivity index (χ0) is 22.3. The van der Waals surface area contributed by atoms with Gasteiger partial charge in [0.2, 0.25) is 5.91 Å². The van der Waals surface area contributed by atoms with Gasteiger partial charge in [0, 0.05) is 29.2 Å². The predicted octanol–water partition coefficient (Wildman–Crippen LogP) is 4.98. The lowest BCUT2D eigenvalue weighted by Gasteiger charge is -2.28. The number of nitrogens with one attached hydrogen (secondary N) is 1. The molecule has 1 aliphatic carbocycles. The lowest BCUT2D eigenvalue weighted by Crippen LogP contribution is -2.45. The molecule has 1 N–H and O–H groups in total. The first-order valence-electron chi connectivity index (χ1n) is 10.7. The van der Waals surface area contributed by atoms with Gasteiger partial charge >= 0.3 is 6.03 Å². The Kier molecular flexibility index (Phi) is 7.07. The van der Waals surface area contributed by atoms with Crippen molar-refractivity contribution in [2.75, 3.05) is 19.0 Å². The summed E-state index contributed by atoms with van der Waals surface area (Å²) >= 11 is 1.63. The van der Waals surface area contributed by atoms with Crippen LogP contribution in [0.15, 0.2) is 72.1 Å². The van der Waals surface area contributed by atoms with E-state index < -0.39 is 0 Å². The Morgan fingerprint density at radius 3 is 2.53 bits per heavy atom. The fourth-order valence-electron chi connectivity index (χ4n) is 3.52. The Labute approximate surface area is 192 Å². The maximum atomic E-state index is 13.4. The van der Waals surface area contributed by atoms with Crippen molar-refractivity contribution in [1.82, 2.24) is 9.80 Å². The second kappa shape index (κ2) is 10.3. The molecule has 0 aliphatic heterocycles. The number of carbonyl (C=O) groups excluding carboxylic acids is 2. The van der Waals surface area contributed by atoms with Crippen molar-refractivity contribution in [2.45, 2.75) is 32.0 Å². The highest BCUT2D eigenvalue weighted by atomic mass is 32.1. The van der Waals surface area contributed by atoms with Gasteiger partial charge in [0.25, 0.3) is 0 Å². The zero-order valence-electron chi connectivity index (χ0n) is 18.1. The molecule has 0 saturated heterocycles. The molecule has 0 radical (unpaired) electrons. The molecule has 3 amide bonds. The molecule has 6 nitrogen and oxygen atoms in total. The van der Waals surface area contributed by atoms with Gasteiger partial charge in [-0.3, -0.25) is 4.79 Å². The topological polar surface area (TPSA) is 61.9 Å². The van der Waals surface area contributed by atoms with Crippen LogP contribution in [-0.4, -0.2) is 41.4 Å². The van der Waals surface area contributed by atoms with E-state index in [1.165, 1.54) is 0 Å². The number of rotatable bonds is 9. The molecule has 7 heteroatoms. The summed E-state index contributed by atoms with van der Waals surface area (Å²) in [4.78, 5) is 31.0. The third-order valence-electron chi connectivity index (χ3n) is 5.37. The molecule has 0 bridgehead atoms. The Morgan fingerprint density at radius 1 is 1.03 bits per heavy atom. The molecule has 0 atom stereocenters. The van der Waals surface area contributed by atoms with Crippen molar-refractivity contribution in [3.8, 4) is 5.75 Å². The fourth-order valence-corrected chi connectivity index (χ4v) is 4.24. The van der Waals surface area contributed by atoms with Crippen molar-refractivity contribution in [2.24, 2.45) is 0 Å². The van der Waals surface area contributed by atoms with Crippen LogP contribution in [0.1, 0.15) is 23.3 Å². The first kappa shape index (κ1) is 21.9. The molecule has 32 heavy (non-hydrogen) atoms. The van der Waals surface area contributed by atoms with E-state index in [-0.39, 0.29) is 24.5 Å². The van der Waals surface area contributed by atoms with Crippen LogP contribution in [0.2, 0.25) is 0 Å². The maximum Gasteiger partial charge on any atom is 0.322 e. The standard InChI is InChI=1S/C25H27N3O3S/c1-31-22-10-5-9-20(15-22)26-25(30)28(21-12-13-21)18-24(29)27(17-23-11-6-14-32-23)16-19-7-3-2-4-8-19/h2-11,14-15,21H,12-13,16-18H2,1H3,(H,26,30). The Hall–Kier alpha value is -3.32. The van der Waals surface area contributed by atoms with E-state index in [9.17, 15) is 9.59 Å². The van der Waals surface area contributed by atoms with Gasteiger partial charge in [0.05, 0.1) is 13.7 Å². The molecule has 1 fully saturated rings. The van der Waals surface area contributed by atoms with Gasteiger partial charge in [-0.1, -0.05) is 42.5 Å². The van der Waals surface area contributed by atoms with E-state index in [4.69, 9.17) is 4.74 Å². The highest BCUT2D eigenvalue weighted by Gasteiger charge is 2.35. The summed E-state index contributed by atoms with van der Waals surface area (Å²) in [6.45, 7) is 1.09. The van der Waals surface area contributed by atoms with Crippen LogP contribution in [0.4, 0.5) is 10.5 Å². The van der Waals surface area contributed by atoms with Crippen LogP contribution in [0.3, 0.4) is 0 Å². The second-order valence-electron chi connectivity index (χ2n) is 7.84. The van der Waals surface area contributed by atoms with E-state index >= 15 is 0 Å². The zero-order valence-corrected chi connectivity index (χ0v) is 18.9. The van der Waals surface area contributed by atoms with E-state index in [0.717, 1.165) is 23.3 Å². The van der Waals surface area contributed by atoms with Crippen molar-refractivity contribution in [3.05, 3.63) is 82.6 Å². The molecule has 4 rings (SSSR count). The number of methoxy groups -OCH3 is 1. The van der Waals surface area contributed by atoms with Crippen molar-refractivity contribution >= 4 is 29.0 Å². The molecular weight excluding hydrogens is 422 g/mol. The van der Waals surface area contributed by atoms with E-state index in [2.05, 4.69) is 5.32 Å². The summed E-state index contributed by atoms with van der Waals surface area (Å²) in [6, 6.07) is 21.0. The second-order valence-corrected chi connectivity index (χ2v) is 8.87. The molecule has 1 aromatic heterocycles. The maximum absolute atomic E-state index is 13.4. The molecule has 2 aromatic carbocycles. The first-order chi connectivity index (χ1) is 15.6. The highest BCUT2D eigenvalue weighted by molar-refractivity contribution is 7.09. The molecule has 1 heterocycles. The van der Waals surface area contributed by atoms with Gasteiger partial charge in [-0.15, -0.1) is 11.3 Å². The largest absolute Gasteiger partial charge is 0.497 e. The minimum absolute atomic E-state index is 0.0542. The number of nitrogens with zero attached hydrogens (tertiary/aromatic N) is 2. The summed E-state index contributed by atoms with van der Waals surface area (Å²) < 4.78 is 5.23. The van der Waals surface area contributed by atoms with Crippen molar-refractivity contribution in [3.63, 3.8) is 0 Å². The van der Waals surface area contributed by atoms with Gasteiger partial charge in [0.1, 0.15) is 12.3 Å². The third-order valence-corrected chi connectivity index (χ3v) is 6.23. The lowest BCUT2D eigenvalue weighted by molar-refractivity contribution is -0.133. The predicted molar refractivity (Wildman–Crippen MR) is 127 cm³/mol. The minimum atomic E-state index is -0.259. The van der Waals surface area contributed by atoms with Crippen LogP contribution >= 0.6 is 11.3 Å². The number of thiophene rings is 1. The van der Waals surface area contributed by atoms with Crippen molar-refractivity contribution < 1.29 is 14.3 Å². The van der Waals surface area contributed by atoms with Crippen molar-refractivity contribution in [1.29, 1.82) is 0 Å². The summed E-state index contributed by atoms with van der Waals surface area (Å²) in [7, 11) is 1.59. The van der Waals surface area contributed by atoms with Gasteiger partial charge < -0.3 is 19.9 Å². The van der Waals surface area contributed by atoms with Crippen LogP contribution in [0, 0.1) is 0 Å². The molecular formula is C25H27N3O3S. The van der Waals surface area contributed by atoms with E-state index in [1.807, 2.05) is 70.9 Å². The monoisotopic (exact) mass is 449 g/mol.